The molecule has 0 spiro atoms. The molecular formula is C8H15NO2S. The van der Waals surface area contributed by atoms with Crippen LogP contribution in [0.25, 0.3) is 0 Å². The van der Waals surface area contributed by atoms with Gasteiger partial charge >= 0.3 is 5.97 Å². The quantitative estimate of drug-likeness (QED) is 0.441. The van der Waals surface area contributed by atoms with Gasteiger partial charge < -0.3 is 10.4 Å². The SMILES string of the molecule is C=CCSCCNCCC(=O)O. The minimum absolute atomic E-state index is 0.201. The Balaban J connectivity index is 2.90. The van der Waals surface area contributed by atoms with Gasteiger partial charge in [0.2, 0.25) is 0 Å². The van der Waals surface area contributed by atoms with Crippen molar-refractivity contribution in [3.8, 4) is 0 Å². The fourth-order valence-corrected chi connectivity index (χ4v) is 1.25. The van der Waals surface area contributed by atoms with Gasteiger partial charge in [-0.1, -0.05) is 6.08 Å². The van der Waals surface area contributed by atoms with Crippen LogP contribution in [0.1, 0.15) is 6.42 Å². The van der Waals surface area contributed by atoms with Crippen LogP contribution in [-0.4, -0.2) is 35.7 Å². The van der Waals surface area contributed by atoms with Crippen molar-refractivity contribution in [2.45, 2.75) is 6.42 Å². The van der Waals surface area contributed by atoms with E-state index in [1.165, 1.54) is 0 Å². The zero-order valence-electron chi connectivity index (χ0n) is 7.08. The second kappa shape index (κ2) is 8.62. The summed E-state index contributed by atoms with van der Waals surface area (Å²) in [6.45, 7) is 5.03. The maximum absolute atomic E-state index is 10.1. The molecule has 12 heavy (non-hydrogen) atoms. The molecule has 0 amide bonds. The fourth-order valence-electron chi connectivity index (χ4n) is 0.631. The first-order valence-corrected chi connectivity index (χ1v) is 5.04. The largest absolute Gasteiger partial charge is 0.481 e. The molecular weight excluding hydrogens is 174 g/mol. The first-order chi connectivity index (χ1) is 5.77. The lowest BCUT2D eigenvalue weighted by atomic mass is 10.4. The molecule has 0 aromatic heterocycles. The number of carboxylic acid groups (broad SMARTS) is 1. The predicted molar refractivity (Wildman–Crippen MR) is 52.6 cm³/mol. The molecule has 0 unspecified atom stereocenters. The standard InChI is InChI=1S/C8H15NO2S/c1-2-6-12-7-5-9-4-3-8(10)11/h2,9H,1,3-7H2,(H,10,11). The van der Waals surface area contributed by atoms with Gasteiger partial charge in [-0.05, 0) is 0 Å². The Hall–Kier alpha value is -0.480. The van der Waals surface area contributed by atoms with Crippen molar-refractivity contribution in [2.24, 2.45) is 0 Å². The number of carboxylic acids is 1. The molecule has 2 N–H and O–H groups in total. The number of hydrogen-bond acceptors (Lipinski definition) is 3. The first-order valence-electron chi connectivity index (χ1n) is 3.88. The third kappa shape index (κ3) is 9.52. The van der Waals surface area contributed by atoms with E-state index in [9.17, 15) is 4.79 Å². The normalized spacial score (nSPS) is 9.67. The highest BCUT2D eigenvalue weighted by Gasteiger charge is 1.94. The van der Waals surface area contributed by atoms with Crippen molar-refractivity contribution in [1.82, 2.24) is 5.32 Å². The van der Waals surface area contributed by atoms with Crippen LogP contribution in [0.4, 0.5) is 0 Å². The molecule has 0 aliphatic carbocycles. The van der Waals surface area contributed by atoms with E-state index in [-0.39, 0.29) is 6.42 Å². The molecule has 0 bridgehead atoms. The van der Waals surface area contributed by atoms with Crippen molar-refractivity contribution in [1.29, 1.82) is 0 Å². The molecule has 0 saturated carbocycles. The summed E-state index contributed by atoms with van der Waals surface area (Å²) in [6.07, 6.45) is 2.06. The first kappa shape index (κ1) is 11.5. The Labute approximate surface area is 77.2 Å². The monoisotopic (exact) mass is 189 g/mol. The van der Waals surface area contributed by atoms with Crippen LogP contribution >= 0.6 is 11.8 Å². The number of aliphatic carboxylic acids is 1. The summed E-state index contributed by atoms with van der Waals surface area (Å²) < 4.78 is 0. The third-order valence-electron chi connectivity index (χ3n) is 1.17. The van der Waals surface area contributed by atoms with E-state index < -0.39 is 5.97 Å². The second-order valence-corrected chi connectivity index (χ2v) is 3.41. The Morgan fingerprint density at radius 2 is 2.33 bits per heavy atom. The molecule has 3 nitrogen and oxygen atoms in total. The average Bonchev–Trinajstić information content (AvgIpc) is 2.02. The zero-order valence-corrected chi connectivity index (χ0v) is 7.90. The molecule has 0 aromatic carbocycles. The molecule has 4 heteroatoms. The van der Waals surface area contributed by atoms with E-state index in [4.69, 9.17) is 5.11 Å². The van der Waals surface area contributed by atoms with E-state index in [0.29, 0.717) is 6.54 Å². The van der Waals surface area contributed by atoms with Crippen LogP contribution in [0.2, 0.25) is 0 Å². The summed E-state index contributed by atoms with van der Waals surface area (Å²) in [7, 11) is 0. The lowest BCUT2D eigenvalue weighted by Gasteiger charge is -2.00. The van der Waals surface area contributed by atoms with E-state index >= 15 is 0 Å². The molecule has 0 aliphatic rings. The number of rotatable bonds is 8. The van der Waals surface area contributed by atoms with Crippen LogP contribution in [-0.2, 0) is 4.79 Å². The molecule has 0 aliphatic heterocycles. The maximum atomic E-state index is 10.1. The van der Waals surface area contributed by atoms with Gasteiger partial charge in [0.05, 0.1) is 6.42 Å². The minimum Gasteiger partial charge on any atom is -0.481 e. The summed E-state index contributed by atoms with van der Waals surface area (Å²) >= 11 is 1.78. The van der Waals surface area contributed by atoms with Gasteiger partial charge in [-0.25, -0.2) is 0 Å². The lowest BCUT2D eigenvalue weighted by Crippen LogP contribution is -2.20. The summed E-state index contributed by atoms with van der Waals surface area (Å²) in [5.41, 5.74) is 0. The van der Waals surface area contributed by atoms with Crippen LogP contribution in [0, 0.1) is 0 Å². The van der Waals surface area contributed by atoms with Gasteiger partial charge in [-0.3, -0.25) is 4.79 Å². The summed E-state index contributed by atoms with van der Waals surface area (Å²) in [4.78, 5) is 10.1. The van der Waals surface area contributed by atoms with E-state index in [1.807, 2.05) is 6.08 Å². The van der Waals surface area contributed by atoms with Crippen molar-refractivity contribution >= 4 is 17.7 Å². The number of carbonyl (C=O) groups is 1. The summed E-state index contributed by atoms with van der Waals surface area (Å²) in [5.74, 6) is 1.22. The van der Waals surface area contributed by atoms with Gasteiger partial charge in [0, 0.05) is 24.6 Å². The molecule has 0 rings (SSSR count). The molecule has 70 valence electrons. The predicted octanol–water partition coefficient (Wildman–Crippen LogP) is 0.970. The second-order valence-electron chi connectivity index (χ2n) is 2.26. The van der Waals surface area contributed by atoms with Crippen LogP contribution in [0.5, 0.6) is 0 Å². The van der Waals surface area contributed by atoms with E-state index in [1.54, 1.807) is 11.8 Å². The molecule has 0 radical (unpaired) electrons. The topological polar surface area (TPSA) is 49.3 Å². The highest BCUT2D eigenvalue weighted by Crippen LogP contribution is 1.96. The van der Waals surface area contributed by atoms with Crippen LogP contribution < -0.4 is 5.32 Å². The van der Waals surface area contributed by atoms with Gasteiger partial charge in [0.1, 0.15) is 0 Å². The minimum atomic E-state index is -0.749. The number of thioether (sulfide) groups is 1. The van der Waals surface area contributed by atoms with E-state index in [2.05, 4.69) is 11.9 Å². The lowest BCUT2D eigenvalue weighted by molar-refractivity contribution is -0.136. The molecule has 0 fully saturated rings. The Morgan fingerprint density at radius 1 is 1.58 bits per heavy atom. The van der Waals surface area contributed by atoms with Crippen molar-refractivity contribution < 1.29 is 9.90 Å². The number of nitrogens with one attached hydrogen (secondary N) is 1. The van der Waals surface area contributed by atoms with Gasteiger partial charge in [0.15, 0.2) is 0 Å². The highest BCUT2D eigenvalue weighted by molar-refractivity contribution is 7.99. The van der Waals surface area contributed by atoms with Crippen molar-refractivity contribution in [3.63, 3.8) is 0 Å². The third-order valence-corrected chi connectivity index (χ3v) is 2.14. The van der Waals surface area contributed by atoms with Crippen LogP contribution in [0.3, 0.4) is 0 Å². The van der Waals surface area contributed by atoms with Gasteiger partial charge in [-0.2, -0.15) is 11.8 Å². The average molecular weight is 189 g/mol. The van der Waals surface area contributed by atoms with Crippen molar-refractivity contribution in [3.05, 3.63) is 12.7 Å². The van der Waals surface area contributed by atoms with Gasteiger partial charge in [-0.15, -0.1) is 6.58 Å². The summed E-state index contributed by atoms with van der Waals surface area (Å²) in [5, 5.41) is 11.3. The molecule has 0 aromatic rings. The zero-order chi connectivity index (χ0) is 9.23. The Kier molecular flexibility index (Phi) is 8.27. The molecule has 0 saturated heterocycles. The molecule has 0 atom stereocenters. The highest BCUT2D eigenvalue weighted by atomic mass is 32.2. The Morgan fingerprint density at radius 3 is 2.92 bits per heavy atom. The molecule has 0 heterocycles. The smallest absolute Gasteiger partial charge is 0.304 e. The van der Waals surface area contributed by atoms with Gasteiger partial charge in [0.25, 0.3) is 0 Å². The van der Waals surface area contributed by atoms with E-state index in [0.717, 1.165) is 18.1 Å². The Bertz CT molecular complexity index is 139. The fraction of sp³-hybridized carbons (Fsp3) is 0.625. The maximum Gasteiger partial charge on any atom is 0.304 e. The van der Waals surface area contributed by atoms with Crippen LogP contribution in [0.15, 0.2) is 12.7 Å². The summed E-state index contributed by atoms with van der Waals surface area (Å²) in [6, 6.07) is 0. The number of hydrogen-bond donors (Lipinski definition) is 2. The van der Waals surface area contributed by atoms with Crippen molar-refractivity contribution in [2.75, 3.05) is 24.6 Å².